The van der Waals surface area contributed by atoms with Gasteiger partial charge >= 0.3 is 0 Å². The van der Waals surface area contributed by atoms with Crippen LogP contribution in [0.2, 0.25) is 0 Å². The fourth-order valence-electron chi connectivity index (χ4n) is 1.27. The molecule has 0 saturated heterocycles. The molecular weight excluding hydrogens is 454 g/mol. The van der Waals surface area contributed by atoms with Gasteiger partial charge in [-0.25, -0.2) is 27.4 Å². The average Bonchev–Trinajstić information content (AvgIpc) is 2.60. The van der Waals surface area contributed by atoms with E-state index in [-0.39, 0.29) is 36.2 Å². The average molecular weight is 480 g/mol. The van der Waals surface area contributed by atoms with Crippen LogP contribution in [0.3, 0.4) is 0 Å². The van der Waals surface area contributed by atoms with Crippen LogP contribution < -0.4 is 5.73 Å². The minimum absolute atomic E-state index is 0.00361. The van der Waals surface area contributed by atoms with Gasteiger partial charge in [0, 0.05) is 5.75 Å². The van der Waals surface area contributed by atoms with Gasteiger partial charge in [0.25, 0.3) is 0 Å². The Morgan fingerprint density at radius 1 is 0.815 bits per heavy atom. The highest BCUT2D eigenvalue weighted by atomic mass is 32.2. The molecule has 0 aliphatic heterocycles. The minimum atomic E-state index is -3.11. The van der Waals surface area contributed by atoms with E-state index in [1.54, 1.807) is 6.92 Å². The topological polar surface area (TPSA) is 190 Å². The smallest absolute Gasteiger partial charge is 0.197 e. The molecule has 17 heteroatoms. The molecule has 0 radical (unpaired) electrons. The van der Waals surface area contributed by atoms with Crippen LogP contribution in [0.1, 0.15) is 19.8 Å². The minimum Gasteiger partial charge on any atom is -0.330 e. The molecule has 0 saturated carbocycles. The highest BCUT2D eigenvalue weighted by Gasteiger charge is 2.10. The lowest BCUT2D eigenvalue weighted by Crippen LogP contribution is -2.17. The maximum absolute atomic E-state index is 11.2. The van der Waals surface area contributed by atoms with Crippen LogP contribution in [-0.2, 0) is 46.8 Å². The summed E-state index contributed by atoms with van der Waals surface area (Å²) in [6, 6.07) is 0. The van der Waals surface area contributed by atoms with Crippen molar-refractivity contribution in [1.82, 2.24) is 0 Å². The van der Waals surface area contributed by atoms with Crippen LogP contribution in [0, 0.1) is 0 Å². The Morgan fingerprint density at radius 3 is 1.63 bits per heavy atom. The molecule has 0 aromatic heterocycles. The van der Waals surface area contributed by atoms with E-state index in [1.807, 2.05) is 0 Å². The summed E-state index contributed by atoms with van der Waals surface area (Å²) in [7, 11) is -6.12. The monoisotopic (exact) mass is 479 g/mol. The molecule has 166 valence electrons. The lowest BCUT2D eigenvalue weighted by molar-refractivity contribution is -0.434. The first-order valence-electron chi connectivity index (χ1n) is 7.38. The largest absolute Gasteiger partial charge is 0.330 e. The molecule has 0 heterocycles. The van der Waals surface area contributed by atoms with E-state index in [1.165, 1.54) is 0 Å². The molecule has 0 aliphatic carbocycles. The van der Waals surface area contributed by atoms with Gasteiger partial charge in [0.05, 0.1) is 30.5 Å². The van der Waals surface area contributed by atoms with Crippen molar-refractivity contribution < 1.29 is 54.5 Å². The summed E-state index contributed by atoms with van der Waals surface area (Å²) in [5.74, 6) is 0.0185. The number of hydrogen-bond acceptors (Lipinski definition) is 15. The van der Waals surface area contributed by atoms with E-state index in [0.29, 0.717) is 44.0 Å². The van der Waals surface area contributed by atoms with Crippen molar-refractivity contribution in [3.8, 4) is 0 Å². The van der Waals surface area contributed by atoms with Crippen molar-refractivity contribution in [2.45, 2.75) is 19.8 Å². The van der Waals surface area contributed by atoms with Crippen LogP contribution in [0.4, 0.5) is 0 Å². The third-order valence-corrected chi connectivity index (χ3v) is 6.62. The predicted molar refractivity (Wildman–Crippen MR) is 98.0 cm³/mol. The van der Waals surface area contributed by atoms with Crippen LogP contribution in [0.15, 0.2) is 0 Å². The second-order valence-electron chi connectivity index (χ2n) is 4.51. The van der Waals surface area contributed by atoms with E-state index in [2.05, 4.69) is 27.1 Å². The molecule has 0 unspecified atom stereocenters. The molecular formula is C10H25NO12S4. The van der Waals surface area contributed by atoms with Gasteiger partial charge in [-0.1, -0.05) is 17.0 Å². The third kappa shape index (κ3) is 24.2. The van der Waals surface area contributed by atoms with Crippen LogP contribution in [0.5, 0.6) is 0 Å². The van der Waals surface area contributed by atoms with Crippen molar-refractivity contribution in [3.63, 3.8) is 0 Å². The van der Waals surface area contributed by atoms with Crippen molar-refractivity contribution in [2.75, 3.05) is 42.8 Å². The van der Waals surface area contributed by atoms with Crippen molar-refractivity contribution >= 4 is 44.3 Å². The van der Waals surface area contributed by atoms with Crippen LogP contribution in [-0.4, -0.2) is 70.1 Å². The van der Waals surface area contributed by atoms with E-state index in [4.69, 9.17) is 16.2 Å². The van der Waals surface area contributed by atoms with E-state index in [0.717, 1.165) is 0 Å². The van der Waals surface area contributed by atoms with E-state index in [9.17, 15) is 16.8 Å². The summed E-state index contributed by atoms with van der Waals surface area (Å²) in [6.45, 7) is 2.09. The Balaban J connectivity index is 0. The lowest BCUT2D eigenvalue weighted by atomic mass is 10.5. The van der Waals surface area contributed by atoms with Gasteiger partial charge in [-0.3, -0.25) is 8.37 Å². The SMILES string of the molecule is CCCS(=O)(=O)CCOSOOO.NCCCS(=O)(=O)CCOSOOO. The van der Waals surface area contributed by atoms with Crippen LogP contribution in [0.25, 0.3) is 0 Å². The molecule has 0 aromatic rings. The van der Waals surface area contributed by atoms with Gasteiger partial charge in [-0.15, -0.1) is 8.67 Å². The standard InChI is InChI=1S/C5H13NO6S2.C5H12O6S2/c6-2-1-4-14(8,9)5-3-10-13-12-11-7;1-2-4-13(7,8)5-3-9-12-11-10-6/h7H,1-6H2;6H,2-5H2,1H3. The molecule has 13 nitrogen and oxygen atoms in total. The molecule has 0 atom stereocenters. The fourth-order valence-corrected chi connectivity index (χ4v) is 4.23. The molecule has 0 bridgehead atoms. The normalized spacial score (nSPS) is 11.9. The number of rotatable bonds is 17. The zero-order valence-corrected chi connectivity index (χ0v) is 17.8. The number of nitrogens with two attached hydrogens (primary N) is 1. The molecule has 27 heavy (non-hydrogen) atoms. The Hall–Kier alpha value is 0.240. The summed E-state index contributed by atoms with van der Waals surface area (Å²) >= 11 is 0.732. The lowest BCUT2D eigenvalue weighted by Gasteiger charge is -2.02. The molecule has 0 amide bonds. The Kier molecular flexibility index (Phi) is 21.3. The maximum atomic E-state index is 11.2. The summed E-state index contributed by atoms with van der Waals surface area (Å²) in [5, 5.41) is 21.8. The summed E-state index contributed by atoms with van der Waals surface area (Å²) < 4.78 is 61.3. The maximum Gasteiger partial charge on any atom is 0.197 e. The molecule has 4 N–H and O–H groups in total. The first-order chi connectivity index (χ1) is 12.7. The van der Waals surface area contributed by atoms with Crippen molar-refractivity contribution in [3.05, 3.63) is 0 Å². The highest BCUT2D eigenvalue weighted by Crippen LogP contribution is 2.05. The van der Waals surface area contributed by atoms with Gasteiger partial charge in [-0.2, -0.15) is 0 Å². The second kappa shape index (κ2) is 19.6. The zero-order valence-electron chi connectivity index (χ0n) is 14.6. The summed E-state index contributed by atoms with van der Waals surface area (Å²) in [6.07, 6.45) is 1.03. The van der Waals surface area contributed by atoms with Gasteiger partial charge in [0.15, 0.2) is 44.3 Å². The second-order valence-corrected chi connectivity index (χ2v) is 10.1. The number of hydrogen-bond donors (Lipinski definition) is 3. The highest BCUT2D eigenvalue weighted by molar-refractivity contribution is 7.92. The van der Waals surface area contributed by atoms with Crippen molar-refractivity contribution in [2.24, 2.45) is 5.73 Å². The first kappa shape index (κ1) is 29.4. The van der Waals surface area contributed by atoms with Gasteiger partial charge in [-0.05, 0) is 19.4 Å². The first-order valence-corrected chi connectivity index (χ1v) is 12.4. The van der Waals surface area contributed by atoms with Crippen molar-refractivity contribution in [1.29, 1.82) is 0 Å². The van der Waals surface area contributed by atoms with Gasteiger partial charge in [0.2, 0.25) is 0 Å². The molecule has 0 aliphatic rings. The Labute approximate surface area is 167 Å². The Bertz CT molecular complexity index is 514. The van der Waals surface area contributed by atoms with E-state index < -0.39 is 19.7 Å². The quantitative estimate of drug-likeness (QED) is 0.113. The summed E-state index contributed by atoms with van der Waals surface area (Å²) in [4.78, 5) is 0. The molecule has 0 rings (SSSR count). The van der Waals surface area contributed by atoms with Gasteiger partial charge < -0.3 is 5.73 Å². The Morgan fingerprint density at radius 2 is 1.26 bits per heavy atom. The zero-order chi connectivity index (χ0) is 21.0. The number of sulfone groups is 2. The molecule has 0 spiro atoms. The van der Waals surface area contributed by atoms with Gasteiger partial charge in [0.1, 0.15) is 0 Å². The summed E-state index contributed by atoms with van der Waals surface area (Å²) in [5.41, 5.74) is 5.17. The molecule has 0 aromatic carbocycles. The van der Waals surface area contributed by atoms with Crippen LogP contribution >= 0.6 is 24.6 Å². The predicted octanol–water partition coefficient (Wildman–Crippen LogP) is 0.563. The fraction of sp³-hybridized carbons (Fsp3) is 1.00. The molecule has 0 fully saturated rings. The third-order valence-electron chi connectivity index (χ3n) is 2.34. The van der Waals surface area contributed by atoms with E-state index >= 15 is 0 Å².